The minimum Gasteiger partial charge on any atom is -0.282 e. The molecule has 4 nitrogen and oxygen atoms in total. The summed E-state index contributed by atoms with van der Waals surface area (Å²) in [5.41, 5.74) is 2.33. The monoisotopic (exact) mass is 428 g/mol. The maximum absolute atomic E-state index is 14.1. The lowest BCUT2D eigenvalue weighted by Gasteiger charge is -2.37. The first-order valence-electron chi connectivity index (χ1n) is 7.91. The number of H-pyrrole nitrogens is 1. The van der Waals surface area contributed by atoms with Gasteiger partial charge in [-0.25, -0.2) is 0 Å². The quantitative estimate of drug-likeness (QED) is 0.616. The minimum absolute atomic E-state index is 0.151. The molecule has 1 N–H and O–H groups in total. The lowest BCUT2D eigenvalue weighted by atomic mass is 9.88. The molecule has 9 heteroatoms. The Bertz CT molecular complexity index is 952. The second kappa shape index (κ2) is 6.31. The van der Waals surface area contributed by atoms with Crippen LogP contribution in [0, 0.1) is 5.95 Å². The molecule has 0 aliphatic carbocycles. The topological polar surface area (TPSA) is 44.8 Å². The van der Waals surface area contributed by atoms with Crippen LogP contribution in [0.2, 0.25) is 0 Å². The first-order valence-corrected chi connectivity index (χ1v) is 8.70. The van der Waals surface area contributed by atoms with Crippen LogP contribution in [-0.4, -0.2) is 39.3 Å². The number of rotatable bonds is 2. The average Bonchev–Trinajstić information content (AvgIpc) is 2.96. The molecule has 0 saturated heterocycles. The van der Waals surface area contributed by atoms with E-state index in [9.17, 15) is 17.6 Å². The van der Waals surface area contributed by atoms with Gasteiger partial charge in [0.15, 0.2) is 0 Å². The lowest BCUT2D eigenvalue weighted by molar-refractivity contribution is -0.150. The molecule has 1 aliphatic heterocycles. The fourth-order valence-electron chi connectivity index (χ4n) is 3.56. The van der Waals surface area contributed by atoms with E-state index in [0.717, 1.165) is 4.47 Å². The zero-order valence-corrected chi connectivity index (χ0v) is 14.9. The highest BCUT2D eigenvalue weighted by molar-refractivity contribution is 9.10. The summed E-state index contributed by atoms with van der Waals surface area (Å²) in [5, 5.41) is 6.54. The summed E-state index contributed by atoms with van der Waals surface area (Å²) in [6, 6.07) is 6.09. The van der Waals surface area contributed by atoms with Gasteiger partial charge in [0.25, 0.3) is 0 Å². The predicted octanol–water partition coefficient (Wildman–Crippen LogP) is 4.37. The number of hydrogen-bond acceptors (Lipinski definition) is 3. The van der Waals surface area contributed by atoms with Crippen LogP contribution in [-0.2, 0) is 6.42 Å². The van der Waals surface area contributed by atoms with Gasteiger partial charge in [0.1, 0.15) is 0 Å². The van der Waals surface area contributed by atoms with Crippen molar-refractivity contribution >= 4 is 26.8 Å². The number of aromatic amines is 1. The van der Waals surface area contributed by atoms with E-state index in [-0.39, 0.29) is 6.54 Å². The molecule has 2 aromatic heterocycles. The van der Waals surface area contributed by atoms with Gasteiger partial charge in [0, 0.05) is 17.2 Å². The first kappa shape index (κ1) is 17.4. The zero-order valence-electron chi connectivity index (χ0n) is 13.3. The van der Waals surface area contributed by atoms with Gasteiger partial charge < -0.3 is 0 Å². The summed E-state index contributed by atoms with van der Waals surface area (Å²) in [7, 11) is 0. The van der Waals surface area contributed by atoms with Crippen molar-refractivity contribution in [3.05, 3.63) is 57.7 Å². The van der Waals surface area contributed by atoms with Gasteiger partial charge in [0.2, 0.25) is 5.95 Å². The highest BCUT2D eigenvalue weighted by Crippen LogP contribution is 2.39. The number of pyridine rings is 1. The molecule has 4 rings (SSSR count). The highest BCUT2D eigenvalue weighted by Gasteiger charge is 2.38. The largest absolute Gasteiger partial charge is 0.401 e. The first-order chi connectivity index (χ1) is 12.3. The molecule has 1 unspecified atom stereocenters. The molecule has 1 aromatic carbocycles. The molecule has 3 heterocycles. The third-order valence-electron chi connectivity index (χ3n) is 4.55. The maximum Gasteiger partial charge on any atom is 0.401 e. The normalized spacial score (nSPS) is 18.3. The van der Waals surface area contributed by atoms with Gasteiger partial charge in [0.05, 0.1) is 29.2 Å². The molecular formula is C17H13BrF4N4. The Morgan fingerprint density at radius 3 is 2.73 bits per heavy atom. The van der Waals surface area contributed by atoms with E-state index in [4.69, 9.17) is 0 Å². The van der Waals surface area contributed by atoms with Crippen molar-refractivity contribution in [2.75, 3.05) is 13.1 Å². The molecule has 26 heavy (non-hydrogen) atoms. The van der Waals surface area contributed by atoms with Crippen molar-refractivity contribution in [1.29, 1.82) is 0 Å². The van der Waals surface area contributed by atoms with Crippen LogP contribution < -0.4 is 0 Å². The van der Waals surface area contributed by atoms with Crippen molar-refractivity contribution in [3.63, 3.8) is 0 Å². The summed E-state index contributed by atoms with van der Waals surface area (Å²) in [4.78, 5) is 5.63. The van der Waals surface area contributed by atoms with Crippen LogP contribution in [0.1, 0.15) is 22.9 Å². The van der Waals surface area contributed by atoms with Gasteiger partial charge in [-0.15, -0.1) is 5.10 Å². The molecule has 1 aliphatic rings. The van der Waals surface area contributed by atoms with Crippen molar-refractivity contribution in [1.82, 2.24) is 20.1 Å². The Labute approximate surface area is 154 Å². The van der Waals surface area contributed by atoms with Crippen molar-refractivity contribution in [3.8, 4) is 0 Å². The van der Waals surface area contributed by atoms with Gasteiger partial charge in [-0.2, -0.15) is 17.6 Å². The second-order valence-electron chi connectivity index (χ2n) is 6.21. The van der Waals surface area contributed by atoms with Crippen LogP contribution in [0.3, 0.4) is 0 Å². The molecule has 136 valence electrons. The molecule has 0 saturated carbocycles. The predicted molar refractivity (Wildman–Crippen MR) is 91.2 cm³/mol. The Morgan fingerprint density at radius 2 is 2.04 bits per heavy atom. The highest BCUT2D eigenvalue weighted by atomic mass is 79.9. The molecule has 0 bridgehead atoms. The summed E-state index contributed by atoms with van der Waals surface area (Å²) >= 11 is 3.28. The second-order valence-corrected chi connectivity index (χ2v) is 7.13. The van der Waals surface area contributed by atoms with Crippen molar-refractivity contribution in [2.45, 2.75) is 18.6 Å². The number of nitrogens with zero attached hydrogens (tertiary/aromatic N) is 3. The molecule has 0 fully saturated rings. The fraction of sp³-hybridized carbons (Fsp3) is 0.294. The molecule has 0 spiro atoms. The molecule has 0 amide bonds. The SMILES string of the molecule is Fc1n[nH]c2ccc3c(c12)CCN(CC(F)(F)F)C3c1ccc(Br)cn1. The number of benzene rings is 1. The van der Waals surface area contributed by atoms with Gasteiger partial charge in [-0.05, 0) is 51.7 Å². The van der Waals surface area contributed by atoms with E-state index in [0.29, 0.717) is 34.1 Å². The van der Waals surface area contributed by atoms with Crippen molar-refractivity contribution < 1.29 is 17.6 Å². The summed E-state index contributed by atoms with van der Waals surface area (Å²) in [6.45, 7) is -0.903. The van der Waals surface area contributed by atoms with Gasteiger partial charge in [-0.3, -0.25) is 15.0 Å². The van der Waals surface area contributed by atoms with Crippen LogP contribution in [0.25, 0.3) is 10.9 Å². The van der Waals surface area contributed by atoms with E-state index >= 15 is 0 Å². The van der Waals surface area contributed by atoms with E-state index in [2.05, 4.69) is 31.1 Å². The Balaban J connectivity index is 1.88. The van der Waals surface area contributed by atoms with Crippen LogP contribution >= 0.6 is 15.9 Å². The Morgan fingerprint density at radius 1 is 1.23 bits per heavy atom. The standard InChI is InChI=1S/C17H13BrF4N4/c18-9-1-3-13(23-7-9)15-11-2-4-12-14(16(19)25-24-12)10(11)5-6-26(15)8-17(20,21)22/h1-4,7,15H,5-6,8H2,(H,24,25). The summed E-state index contributed by atoms with van der Waals surface area (Å²) in [6.07, 6.45) is -2.48. The molecule has 1 atom stereocenters. The number of fused-ring (bicyclic) bond motifs is 3. The number of nitrogens with one attached hydrogen (secondary N) is 1. The third-order valence-corrected chi connectivity index (χ3v) is 5.02. The summed E-state index contributed by atoms with van der Waals surface area (Å²) < 4.78 is 54.1. The lowest BCUT2D eigenvalue weighted by Crippen LogP contribution is -2.42. The molecular weight excluding hydrogens is 416 g/mol. The minimum atomic E-state index is -4.34. The third kappa shape index (κ3) is 3.09. The van der Waals surface area contributed by atoms with Gasteiger partial charge in [-0.1, -0.05) is 6.07 Å². The van der Waals surface area contributed by atoms with Gasteiger partial charge >= 0.3 is 6.18 Å². The van der Waals surface area contributed by atoms with Crippen molar-refractivity contribution in [2.24, 2.45) is 0 Å². The number of alkyl halides is 3. The Hall–Kier alpha value is -2.00. The van der Waals surface area contributed by atoms with Crippen LogP contribution in [0.15, 0.2) is 34.9 Å². The molecule has 3 aromatic rings. The number of aromatic nitrogens is 3. The average molecular weight is 429 g/mol. The van der Waals surface area contributed by atoms with E-state index in [1.807, 2.05) is 0 Å². The van der Waals surface area contributed by atoms with Crippen LogP contribution in [0.4, 0.5) is 17.6 Å². The van der Waals surface area contributed by atoms with E-state index < -0.39 is 24.7 Å². The Kier molecular flexibility index (Phi) is 4.23. The number of halogens is 5. The van der Waals surface area contributed by atoms with E-state index in [1.165, 1.54) is 4.90 Å². The molecule has 0 radical (unpaired) electrons. The maximum atomic E-state index is 14.1. The van der Waals surface area contributed by atoms with E-state index in [1.54, 1.807) is 30.5 Å². The van der Waals surface area contributed by atoms with Crippen LogP contribution in [0.5, 0.6) is 0 Å². The summed E-state index contributed by atoms with van der Waals surface area (Å²) in [5.74, 6) is -0.636. The smallest absolute Gasteiger partial charge is 0.282 e. The number of hydrogen-bond donors (Lipinski definition) is 1. The fourth-order valence-corrected chi connectivity index (χ4v) is 3.80. The zero-order chi connectivity index (χ0) is 18.5.